The van der Waals surface area contributed by atoms with Gasteiger partial charge in [-0.25, -0.2) is 8.42 Å². The normalized spacial score (nSPS) is 11.9. The van der Waals surface area contributed by atoms with Crippen molar-refractivity contribution in [1.82, 2.24) is 10.2 Å². The van der Waals surface area contributed by atoms with Gasteiger partial charge in [0.25, 0.3) is 10.0 Å². The van der Waals surface area contributed by atoms with Crippen LogP contribution in [0.5, 0.6) is 5.75 Å². The number of methoxy groups -OCH3 is 1. The Morgan fingerprint density at radius 1 is 0.822 bits per heavy atom. The van der Waals surface area contributed by atoms with Gasteiger partial charge < -0.3 is 15.0 Å². The second-order valence-corrected chi connectivity index (χ2v) is 13.8. The van der Waals surface area contributed by atoms with Crippen LogP contribution in [0.1, 0.15) is 25.0 Å². The Balaban J connectivity index is 1.81. The molecule has 236 valence electrons. The molecule has 0 spiro atoms. The predicted molar refractivity (Wildman–Crippen MR) is 180 cm³/mol. The number of amides is 2. The number of carbonyl (C=O) groups is 2. The summed E-state index contributed by atoms with van der Waals surface area (Å²) in [5.74, 6) is -0.365. The lowest BCUT2D eigenvalue weighted by Crippen LogP contribution is -2.53. The highest BCUT2D eigenvalue weighted by atomic mass is 79.9. The second kappa shape index (κ2) is 15.7. The highest BCUT2D eigenvalue weighted by molar-refractivity contribution is 9.10. The minimum atomic E-state index is -4.22. The third-order valence-corrected chi connectivity index (χ3v) is 9.49. The smallest absolute Gasteiger partial charge is 0.264 e. The highest BCUT2D eigenvalue weighted by Gasteiger charge is 2.35. The number of rotatable bonds is 14. The third kappa shape index (κ3) is 8.95. The molecule has 1 atom stereocenters. The van der Waals surface area contributed by atoms with Gasteiger partial charge in [0.15, 0.2) is 0 Å². The Hall–Kier alpha value is -4.15. The van der Waals surface area contributed by atoms with E-state index in [-0.39, 0.29) is 35.4 Å². The third-order valence-electron chi connectivity index (χ3n) is 7.19. The van der Waals surface area contributed by atoms with Crippen LogP contribution in [-0.4, -0.2) is 51.4 Å². The van der Waals surface area contributed by atoms with Crippen LogP contribution in [0, 0.1) is 5.92 Å². The predicted octanol–water partition coefficient (Wildman–Crippen LogP) is 6.07. The maximum atomic E-state index is 14.5. The van der Waals surface area contributed by atoms with Crippen LogP contribution in [0.2, 0.25) is 0 Å². The molecule has 1 N–H and O–H groups in total. The van der Waals surface area contributed by atoms with E-state index in [0.29, 0.717) is 12.3 Å². The number of hydrogen-bond donors (Lipinski definition) is 1. The van der Waals surface area contributed by atoms with Gasteiger partial charge >= 0.3 is 0 Å². The molecule has 4 rings (SSSR count). The summed E-state index contributed by atoms with van der Waals surface area (Å²) in [5, 5.41) is 3.00. The molecular formula is C35H38BrN3O5S. The van der Waals surface area contributed by atoms with Gasteiger partial charge in [-0.1, -0.05) is 103 Å². The molecule has 0 aliphatic carbocycles. The molecule has 0 aliphatic heterocycles. The minimum Gasteiger partial charge on any atom is -0.495 e. The summed E-state index contributed by atoms with van der Waals surface area (Å²) in [6.07, 6.45) is 0.243. The fourth-order valence-corrected chi connectivity index (χ4v) is 6.54. The lowest BCUT2D eigenvalue weighted by Gasteiger charge is -2.34. The van der Waals surface area contributed by atoms with E-state index < -0.39 is 28.5 Å². The van der Waals surface area contributed by atoms with E-state index in [1.807, 2.05) is 68.4 Å². The number of hydrogen-bond acceptors (Lipinski definition) is 5. The molecule has 0 unspecified atom stereocenters. The molecule has 0 fully saturated rings. The van der Waals surface area contributed by atoms with Crippen molar-refractivity contribution in [3.8, 4) is 5.75 Å². The number of halogens is 1. The molecule has 10 heteroatoms. The van der Waals surface area contributed by atoms with E-state index in [9.17, 15) is 18.0 Å². The number of anilines is 1. The van der Waals surface area contributed by atoms with Gasteiger partial charge in [-0.3, -0.25) is 13.9 Å². The quantitative estimate of drug-likeness (QED) is 0.173. The first kappa shape index (κ1) is 33.7. The monoisotopic (exact) mass is 691 g/mol. The highest BCUT2D eigenvalue weighted by Crippen LogP contribution is 2.32. The maximum absolute atomic E-state index is 14.5. The lowest BCUT2D eigenvalue weighted by atomic mass is 10.0. The molecule has 4 aromatic carbocycles. The Labute approximate surface area is 274 Å². The zero-order valence-electron chi connectivity index (χ0n) is 25.6. The molecule has 2 amide bonds. The van der Waals surface area contributed by atoms with Crippen molar-refractivity contribution in [1.29, 1.82) is 0 Å². The van der Waals surface area contributed by atoms with Crippen molar-refractivity contribution in [2.75, 3.05) is 24.5 Å². The number of nitrogens with zero attached hydrogens (tertiary/aromatic N) is 2. The van der Waals surface area contributed by atoms with E-state index in [4.69, 9.17) is 4.74 Å². The van der Waals surface area contributed by atoms with Gasteiger partial charge in [-0.05, 0) is 53.4 Å². The molecule has 4 aromatic rings. The van der Waals surface area contributed by atoms with E-state index in [2.05, 4.69) is 21.2 Å². The van der Waals surface area contributed by atoms with Gasteiger partial charge in [0.1, 0.15) is 18.3 Å². The zero-order valence-corrected chi connectivity index (χ0v) is 28.0. The summed E-state index contributed by atoms with van der Waals surface area (Å²) < 4.78 is 35.7. The molecule has 0 aliphatic rings. The molecular weight excluding hydrogens is 654 g/mol. The molecule has 0 heterocycles. The van der Waals surface area contributed by atoms with Gasteiger partial charge in [-0.15, -0.1) is 0 Å². The van der Waals surface area contributed by atoms with Crippen LogP contribution in [0.15, 0.2) is 119 Å². The van der Waals surface area contributed by atoms with Crippen molar-refractivity contribution < 1.29 is 22.7 Å². The number of ether oxygens (including phenoxy) is 1. The fourth-order valence-electron chi connectivity index (χ4n) is 4.83. The van der Waals surface area contributed by atoms with Gasteiger partial charge in [0.2, 0.25) is 11.8 Å². The van der Waals surface area contributed by atoms with Crippen molar-refractivity contribution in [3.05, 3.63) is 125 Å². The van der Waals surface area contributed by atoms with Crippen molar-refractivity contribution in [2.24, 2.45) is 5.92 Å². The zero-order chi connectivity index (χ0) is 32.4. The Morgan fingerprint density at radius 3 is 2.04 bits per heavy atom. The van der Waals surface area contributed by atoms with Crippen LogP contribution >= 0.6 is 15.9 Å². The molecule has 0 saturated carbocycles. The Bertz CT molecular complexity index is 1670. The summed E-state index contributed by atoms with van der Waals surface area (Å²) >= 11 is 3.46. The van der Waals surface area contributed by atoms with Crippen molar-refractivity contribution in [3.63, 3.8) is 0 Å². The maximum Gasteiger partial charge on any atom is 0.264 e. The largest absolute Gasteiger partial charge is 0.495 e. The first-order valence-corrected chi connectivity index (χ1v) is 16.9. The van der Waals surface area contributed by atoms with Crippen LogP contribution < -0.4 is 14.4 Å². The molecule has 0 radical (unpaired) electrons. The molecule has 8 nitrogen and oxygen atoms in total. The van der Waals surface area contributed by atoms with Gasteiger partial charge in [-0.2, -0.15) is 0 Å². The Morgan fingerprint density at radius 2 is 1.42 bits per heavy atom. The number of carbonyl (C=O) groups excluding carboxylic acids is 2. The summed E-state index contributed by atoms with van der Waals surface area (Å²) in [6, 6.07) is 30.6. The summed E-state index contributed by atoms with van der Waals surface area (Å²) in [7, 11) is -2.77. The van der Waals surface area contributed by atoms with E-state index in [0.717, 1.165) is 19.9 Å². The number of para-hydroxylation sites is 2. The number of sulfonamides is 1. The van der Waals surface area contributed by atoms with Crippen molar-refractivity contribution >= 4 is 43.5 Å². The van der Waals surface area contributed by atoms with E-state index >= 15 is 0 Å². The lowest BCUT2D eigenvalue weighted by molar-refractivity contribution is -0.140. The minimum absolute atomic E-state index is 0.0266. The molecule has 0 aromatic heterocycles. The van der Waals surface area contributed by atoms with Gasteiger partial charge in [0.05, 0.1) is 17.7 Å². The number of nitrogens with one attached hydrogen (secondary N) is 1. The first-order chi connectivity index (χ1) is 21.6. The summed E-state index contributed by atoms with van der Waals surface area (Å²) in [5.41, 5.74) is 1.87. The van der Waals surface area contributed by atoms with Crippen LogP contribution in [0.3, 0.4) is 0 Å². The average molecular weight is 693 g/mol. The average Bonchev–Trinajstić information content (AvgIpc) is 3.05. The van der Waals surface area contributed by atoms with Crippen LogP contribution in [-0.2, 0) is 32.6 Å². The summed E-state index contributed by atoms with van der Waals surface area (Å²) in [6.45, 7) is 3.95. The van der Waals surface area contributed by atoms with E-state index in [1.54, 1.807) is 42.5 Å². The summed E-state index contributed by atoms with van der Waals surface area (Å²) in [4.78, 5) is 29.9. The number of benzene rings is 4. The second-order valence-electron chi connectivity index (χ2n) is 11.0. The van der Waals surface area contributed by atoms with Crippen molar-refractivity contribution in [2.45, 2.75) is 37.8 Å². The topological polar surface area (TPSA) is 96.0 Å². The standard InChI is InChI=1S/C35H38BrN3O5S/c1-26(2)23-37-35(41)32(22-27-12-6-4-7-13-27)38(24-28-18-20-29(36)21-19-28)34(40)25-39(31-16-10-11-17-33(31)44-3)45(42,43)30-14-8-5-9-15-30/h4-21,26,32H,22-25H2,1-3H3,(H,37,41)/t32-/m0/s1. The van der Waals surface area contributed by atoms with Crippen LogP contribution in [0.4, 0.5) is 5.69 Å². The Kier molecular flexibility index (Phi) is 11.8. The SMILES string of the molecule is COc1ccccc1N(CC(=O)N(Cc1ccc(Br)cc1)[C@@H](Cc1ccccc1)C(=O)NCC(C)C)S(=O)(=O)c1ccccc1. The first-order valence-electron chi connectivity index (χ1n) is 14.7. The molecule has 0 saturated heterocycles. The molecule has 0 bridgehead atoms. The molecule has 45 heavy (non-hydrogen) atoms. The van der Waals surface area contributed by atoms with Crippen LogP contribution in [0.25, 0.3) is 0 Å². The van der Waals surface area contributed by atoms with Gasteiger partial charge in [0, 0.05) is 24.0 Å². The fraction of sp³-hybridized carbons (Fsp3) is 0.257. The van der Waals surface area contributed by atoms with E-state index in [1.165, 1.54) is 24.1 Å².